The van der Waals surface area contributed by atoms with Gasteiger partial charge in [-0.3, -0.25) is 4.79 Å². The van der Waals surface area contributed by atoms with Crippen LogP contribution in [0.2, 0.25) is 0 Å². The van der Waals surface area contributed by atoms with Crippen LogP contribution in [0.3, 0.4) is 0 Å². The van der Waals surface area contributed by atoms with Crippen molar-refractivity contribution in [1.82, 2.24) is 4.90 Å². The summed E-state index contributed by atoms with van der Waals surface area (Å²) in [6.45, 7) is 2.00. The Bertz CT molecular complexity index is 236. The van der Waals surface area contributed by atoms with E-state index in [1.165, 1.54) is 19.3 Å². The lowest BCUT2D eigenvalue weighted by atomic mass is 9.96. The maximum Gasteiger partial charge on any atom is 0.310 e. The second-order valence-corrected chi connectivity index (χ2v) is 5.30. The zero-order valence-electron chi connectivity index (χ0n) is 10.3. The van der Waals surface area contributed by atoms with Gasteiger partial charge in [-0.2, -0.15) is 0 Å². The fourth-order valence-corrected chi connectivity index (χ4v) is 2.80. The van der Waals surface area contributed by atoms with Gasteiger partial charge in [-0.05, 0) is 52.1 Å². The Labute approximate surface area is 98.1 Å². The fraction of sp³-hybridized carbons (Fsp3) is 0.923. The fourth-order valence-electron chi connectivity index (χ4n) is 2.80. The molecule has 0 aromatic carbocycles. The molecule has 1 aliphatic carbocycles. The first kappa shape index (κ1) is 11.9. The largest absolute Gasteiger partial charge is 0.462 e. The van der Waals surface area contributed by atoms with Crippen LogP contribution in [0.4, 0.5) is 0 Å². The first-order valence-electron chi connectivity index (χ1n) is 6.65. The van der Waals surface area contributed by atoms with Crippen LogP contribution in [0.15, 0.2) is 0 Å². The quantitative estimate of drug-likeness (QED) is 0.675. The van der Waals surface area contributed by atoms with Crippen LogP contribution in [0.5, 0.6) is 0 Å². The topological polar surface area (TPSA) is 29.5 Å². The van der Waals surface area contributed by atoms with Gasteiger partial charge in [0.1, 0.15) is 6.10 Å². The van der Waals surface area contributed by atoms with E-state index in [1.54, 1.807) is 0 Å². The van der Waals surface area contributed by atoms with Crippen molar-refractivity contribution in [2.45, 2.75) is 51.0 Å². The summed E-state index contributed by atoms with van der Waals surface area (Å²) in [6.07, 6.45) is 8.26. The molecule has 3 nitrogen and oxygen atoms in total. The Morgan fingerprint density at radius 3 is 2.56 bits per heavy atom. The zero-order valence-corrected chi connectivity index (χ0v) is 10.3. The smallest absolute Gasteiger partial charge is 0.310 e. The molecule has 0 bridgehead atoms. The van der Waals surface area contributed by atoms with Gasteiger partial charge in [-0.25, -0.2) is 0 Å². The Morgan fingerprint density at radius 1 is 1.12 bits per heavy atom. The molecule has 0 radical (unpaired) electrons. The molecule has 1 atom stereocenters. The number of likely N-dealkylation sites (tertiary alicyclic amines) is 1. The number of carbonyl (C=O) groups excluding carboxylic acids is 1. The molecule has 1 heterocycles. The van der Waals surface area contributed by atoms with Crippen molar-refractivity contribution in [3.05, 3.63) is 0 Å². The Balaban J connectivity index is 1.77. The lowest BCUT2D eigenvalue weighted by Crippen LogP contribution is -2.38. The Hall–Kier alpha value is -0.570. The second kappa shape index (κ2) is 5.67. The monoisotopic (exact) mass is 225 g/mol. The molecule has 0 N–H and O–H groups in total. The molecule has 1 unspecified atom stereocenters. The van der Waals surface area contributed by atoms with Gasteiger partial charge in [-0.1, -0.05) is 6.42 Å². The maximum atomic E-state index is 12.0. The van der Waals surface area contributed by atoms with Crippen LogP contribution in [-0.4, -0.2) is 37.1 Å². The summed E-state index contributed by atoms with van der Waals surface area (Å²) in [4.78, 5) is 14.2. The van der Waals surface area contributed by atoms with Crippen LogP contribution in [0, 0.1) is 5.92 Å². The minimum absolute atomic E-state index is 0.0541. The van der Waals surface area contributed by atoms with Gasteiger partial charge in [0.25, 0.3) is 0 Å². The molecule has 2 rings (SSSR count). The van der Waals surface area contributed by atoms with E-state index in [4.69, 9.17) is 4.74 Å². The predicted octanol–water partition coefficient (Wildman–Crippen LogP) is 2.20. The third-order valence-corrected chi connectivity index (χ3v) is 3.79. The number of esters is 1. The molecule has 92 valence electrons. The average Bonchev–Trinajstić information content (AvgIpc) is 2.30. The van der Waals surface area contributed by atoms with Gasteiger partial charge < -0.3 is 9.64 Å². The SMILES string of the molecule is CN1CCCC(C(=O)OC2CCCCC2)C1. The highest BCUT2D eigenvalue weighted by atomic mass is 16.5. The molecule has 1 aliphatic heterocycles. The normalized spacial score (nSPS) is 28.9. The first-order valence-corrected chi connectivity index (χ1v) is 6.65. The Morgan fingerprint density at radius 2 is 1.88 bits per heavy atom. The molecule has 0 aromatic rings. The number of hydrogen-bond acceptors (Lipinski definition) is 3. The molecule has 0 spiro atoms. The van der Waals surface area contributed by atoms with Gasteiger partial charge in [0.15, 0.2) is 0 Å². The molecule has 2 aliphatic rings. The third-order valence-electron chi connectivity index (χ3n) is 3.79. The predicted molar refractivity (Wildman–Crippen MR) is 63.2 cm³/mol. The van der Waals surface area contributed by atoms with Crippen LogP contribution >= 0.6 is 0 Å². The number of piperidine rings is 1. The third kappa shape index (κ3) is 3.21. The standard InChI is InChI=1S/C13H23NO2/c1-14-9-5-6-11(10-14)13(15)16-12-7-3-2-4-8-12/h11-12H,2-10H2,1H3. The summed E-state index contributed by atoms with van der Waals surface area (Å²) < 4.78 is 5.61. The molecule has 1 saturated carbocycles. The maximum absolute atomic E-state index is 12.0. The molecule has 3 heteroatoms. The first-order chi connectivity index (χ1) is 7.75. The zero-order chi connectivity index (χ0) is 11.4. The Kier molecular flexibility index (Phi) is 4.22. The van der Waals surface area contributed by atoms with Crippen molar-refractivity contribution in [3.63, 3.8) is 0 Å². The molecule has 1 saturated heterocycles. The summed E-state index contributed by atoms with van der Waals surface area (Å²) >= 11 is 0. The van der Waals surface area contributed by atoms with Gasteiger partial charge >= 0.3 is 5.97 Å². The van der Waals surface area contributed by atoms with Gasteiger partial charge in [0.2, 0.25) is 0 Å². The van der Waals surface area contributed by atoms with Gasteiger partial charge in [-0.15, -0.1) is 0 Å². The number of ether oxygens (including phenoxy) is 1. The molecular weight excluding hydrogens is 202 g/mol. The van der Waals surface area contributed by atoms with Crippen molar-refractivity contribution in [2.24, 2.45) is 5.92 Å². The highest BCUT2D eigenvalue weighted by Gasteiger charge is 2.27. The van der Waals surface area contributed by atoms with Crippen LogP contribution < -0.4 is 0 Å². The number of rotatable bonds is 2. The molecular formula is C13H23NO2. The lowest BCUT2D eigenvalue weighted by Gasteiger charge is -2.30. The van der Waals surface area contributed by atoms with E-state index >= 15 is 0 Å². The minimum atomic E-state index is 0.0541. The van der Waals surface area contributed by atoms with E-state index in [0.717, 1.165) is 38.8 Å². The van der Waals surface area contributed by atoms with Crippen molar-refractivity contribution < 1.29 is 9.53 Å². The average molecular weight is 225 g/mol. The molecule has 0 aromatic heterocycles. The van der Waals surface area contributed by atoms with E-state index in [2.05, 4.69) is 11.9 Å². The van der Waals surface area contributed by atoms with Gasteiger partial charge in [0.05, 0.1) is 5.92 Å². The van der Waals surface area contributed by atoms with Gasteiger partial charge in [0, 0.05) is 6.54 Å². The van der Waals surface area contributed by atoms with E-state index < -0.39 is 0 Å². The summed E-state index contributed by atoms with van der Waals surface area (Å²) in [7, 11) is 2.08. The van der Waals surface area contributed by atoms with Crippen molar-refractivity contribution in [1.29, 1.82) is 0 Å². The molecule has 0 amide bonds. The highest BCUT2D eigenvalue weighted by Crippen LogP contribution is 2.23. The van der Waals surface area contributed by atoms with Crippen LogP contribution in [-0.2, 0) is 9.53 Å². The highest BCUT2D eigenvalue weighted by molar-refractivity contribution is 5.73. The number of hydrogen-bond donors (Lipinski definition) is 0. The van der Waals surface area contributed by atoms with Crippen LogP contribution in [0.1, 0.15) is 44.9 Å². The number of carbonyl (C=O) groups is 1. The van der Waals surface area contributed by atoms with E-state index in [-0.39, 0.29) is 18.0 Å². The van der Waals surface area contributed by atoms with Crippen molar-refractivity contribution in [2.75, 3.05) is 20.1 Å². The molecule has 2 fully saturated rings. The summed E-state index contributed by atoms with van der Waals surface area (Å²) in [6, 6.07) is 0. The molecule has 16 heavy (non-hydrogen) atoms. The summed E-state index contributed by atoms with van der Waals surface area (Å²) in [5, 5.41) is 0. The van der Waals surface area contributed by atoms with E-state index in [0.29, 0.717) is 0 Å². The summed E-state index contributed by atoms with van der Waals surface area (Å²) in [5.41, 5.74) is 0. The van der Waals surface area contributed by atoms with E-state index in [1.807, 2.05) is 0 Å². The van der Waals surface area contributed by atoms with Crippen molar-refractivity contribution >= 4 is 5.97 Å². The van der Waals surface area contributed by atoms with E-state index in [9.17, 15) is 4.79 Å². The van der Waals surface area contributed by atoms with Crippen LogP contribution in [0.25, 0.3) is 0 Å². The lowest BCUT2D eigenvalue weighted by molar-refractivity contribution is -0.157. The summed E-state index contributed by atoms with van der Waals surface area (Å²) in [5.74, 6) is 0.180. The second-order valence-electron chi connectivity index (χ2n) is 5.30. The number of nitrogens with zero attached hydrogens (tertiary/aromatic N) is 1. The minimum Gasteiger partial charge on any atom is -0.462 e. The van der Waals surface area contributed by atoms with Crippen molar-refractivity contribution in [3.8, 4) is 0 Å².